The van der Waals surface area contributed by atoms with Crippen LogP contribution in [0.2, 0.25) is 0 Å². The number of hydrogen-bond acceptors (Lipinski definition) is 5. The summed E-state index contributed by atoms with van der Waals surface area (Å²) in [6.07, 6.45) is 2.43. The molecule has 2 unspecified atom stereocenters. The van der Waals surface area contributed by atoms with E-state index in [-0.39, 0.29) is 31.4 Å². The van der Waals surface area contributed by atoms with Gasteiger partial charge in [-0.05, 0) is 37.0 Å². The van der Waals surface area contributed by atoms with Gasteiger partial charge >= 0.3 is 0 Å². The fourth-order valence-corrected chi connectivity index (χ4v) is 4.43. The van der Waals surface area contributed by atoms with E-state index in [1.807, 2.05) is 36.4 Å². The van der Waals surface area contributed by atoms with E-state index >= 15 is 0 Å². The number of carbonyl (C=O) groups excluding carboxylic acids is 4. The molecule has 34 heavy (non-hydrogen) atoms. The predicted molar refractivity (Wildman–Crippen MR) is 126 cm³/mol. The molecule has 0 radical (unpaired) electrons. The monoisotopic (exact) mass is 463 g/mol. The molecule has 2 saturated heterocycles. The Bertz CT molecular complexity index is 1020. The van der Waals surface area contributed by atoms with Crippen LogP contribution in [0.15, 0.2) is 60.7 Å². The molecule has 3 atom stereocenters. The number of Topliss-reactive ketones (excluding diaryl/α,β-unsaturated/α-hetero) is 1. The van der Waals surface area contributed by atoms with E-state index in [1.54, 1.807) is 24.3 Å². The Balaban J connectivity index is 1.48. The van der Waals surface area contributed by atoms with Crippen molar-refractivity contribution in [1.29, 1.82) is 0 Å². The van der Waals surface area contributed by atoms with Crippen LogP contribution in [0.1, 0.15) is 31.2 Å². The topological polar surface area (TPSA) is 105 Å². The molecule has 0 aromatic heterocycles. The molecular formula is C26H29N3O5. The summed E-state index contributed by atoms with van der Waals surface area (Å²) >= 11 is 0. The van der Waals surface area contributed by atoms with Crippen LogP contribution in [-0.2, 0) is 30.3 Å². The van der Waals surface area contributed by atoms with Gasteiger partial charge in [0.25, 0.3) is 5.91 Å². The van der Waals surface area contributed by atoms with Gasteiger partial charge in [-0.25, -0.2) is 0 Å². The maximum Gasteiger partial charge on any atom is 0.289 e. The molecule has 0 spiro atoms. The van der Waals surface area contributed by atoms with Crippen molar-refractivity contribution >= 4 is 29.2 Å². The highest BCUT2D eigenvalue weighted by atomic mass is 16.5. The van der Waals surface area contributed by atoms with Gasteiger partial charge in [0.1, 0.15) is 12.1 Å². The van der Waals surface area contributed by atoms with Crippen LogP contribution in [-0.4, -0.2) is 54.8 Å². The molecule has 2 N–H and O–H groups in total. The summed E-state index contributed by atoms with van der Waals surface area (Å²) in [5.41, 5.74) is 1.45. The maximum atomic E-state index is 13.3. The number of amides is 3. The summed E-state index contributed by atoms with van der Waals surface area (Å²) in [6, 6.07) is 16.4. The van der Waals surface area contributed by atoms with Gasteiger partial charge in [-0.3, -0.25) is 24.1 Å². The summed E-state index contributed by atoms with van der Waals surface area (Å²) in [6.45, 7) is 0.911. The molecule has 2 fully saturated rings. The summed E-state index contributed by atoms with van der Waals surface area (Å²) in [4.78, 5) is 53.0. The first-order chi connectivity index (χ1) is 16.5. The van der Waals surface area contributed by atoms with Gasteiger partial charge in [0.15, 0.2) is 0 Å². The van der Waals surface area contributed by atoms with Gasteiger partial charge in [-0.15, -0.1) is 0 Å². The second kappa shape index (κ2) is 11.1. The fourth-order valence-electron chi connectivity index (χ4n) is 4.43. The van der Waals surface area contributed by atoms with E-state index in [1.165, 1.54) is 4.90 Å². The Morgan fingerprint density at radius 3 is 2.38 bits per heavy atom. The first-order valence-electron chi connectivity index (χ1n) is 11.7. The second-order valence-electron chi connectivity index (χ2n) is 8.61. The van der Waals surface area contributed by atoms with Crippen molar-refractivity contribution in [2.45, 2.75) is 50.3 Å². The SMILES string of the molecule is O=C(NC[C@H]1CCCO1)C(=O)C(Cc1ccccc1)NC(=O)C1CCC(=O)N1c1ccccc1. The lowest BCUT2D eigenvalue weighted by molar-refractivity contribution is -0.140. The second-order valence-corrected chi connectivity index (χ2v) is 8.61. The van der Waals surface area contributed by atoms with Crippen LogP contribution in [0.5, 0.6) is 0 Å². The number of ether oxygens (including phenoxy) is 1. The number of ketones is 1. The zero-order valence-corrected chi connectivity index (χ0v) is 18.9. The minimum Gasteiger partial charge on any atom is -0.376 e. The Hall–Kier alpha value is -3.52. The first kappa shape index (κ1) is 23.6. The van der Waals surface area contributed by atoms with Crippen molar-refractivity contribution in [2.24, 2.45) is 0 Å². The number of hydrogen-bond donors (Lipinski definition) is 2. The summed E-state index contributed by atoms with van der Waals surface area (Å²) in [7, 11) is 0. The van der Waals surface area contributed by atoms with Crippen molar-refractivity contribution in [2.75, 3.05) is 18.1 Å². The van der Waals surface area contributed by atoms with Crippen molar-refractivity contribution in [3.63, 3.8) is 0 Å². The Morgan fingerprint density at radius 2 is 1.71 bits per heavy atom. The normalized spacial score (nSPS) is 20.7. The van der Waals surface area contributed by atoms with Gasteiger partial charge in [0, 0.05) is 31.7 Å². The van der Waals surface area contributed by atoms with Crippen LogP contribution in [0.3, 0.4) is 0 Å². The molecule has 2 aliphatic heterocycles. The molecule has 0 bridgehead atoms. The molecule has 2 aromatic carbocycles. The lowest BCUT2D eigenvalue weighted by Gasteiger charge is -2.26. The van der Waals surface area contributed by atoms with Crippen molar-refractivity contribution < 1.29 is 23.9 Å². The third-order valence-electron chi connectivity index (χ3n) is 6.20. The number of anilines is 1. The highest BCUT2D eigenvalue weighted by Crippen LogP contribution is 2.26. The zero-order chi connectivity index (χ0) is 23.9. The van der Waals surface area contributed by atoms with Gasteiger partial charge in [-0.2, -0.15) is 0 Å². The molecule has 0 saturated carbocycles. The summed E-state index contributed by atoms with van der Waals surface area (Å²) in [5, 5.41) is 5.41. The standard InChI is InChI=1S/C26H29N3O5/c30-23-14-13-22(29(23)19-10-5-2-6-11-19)25(32)28-21(16-18-8-3-1-4-9-18)24(31)26(33)27-17-20-12-7-15-34-20/h1-6,8-11,20-22H,7,12-17H2,(H,27,33)(H,28,32)/t20-,21?,22?/m1/s1. The Morgan fingerprint density at radius 1 is 1.00 bits per heavy atom. The van der Waals surface area contributed by atoms with Crippen LogP contribution < -0.4 is 15.5 Å². The molecule has 8 nitrogen and oxygen atoms in total. The van der Waals surface area contributed by atoms with E-state index in [4.69, 9.17) is 4.74 Å². The smallest absolute Gasteiger partial charge is 0.289 e. The highest BCUT2D eigenvalue weighted by molar-refractivity contribution is 6.38. The molecule has 2 heterocycles. The quantitative estimate of drug-likeness (QED) is 0.552. The fraction of sp³-hybridized carbons (Fsp3) is 0.385. The van der Waals surface area contributed by atoms with E-state index < -0.39 is 29.7 Å². The van der Waals surface area contributed by atoms with E-state index in [0.29, 0.717) is 18.7 Å². The molecule has 8 heteroatoms. The Labute approximate surface area is 198 Å². The van der Waals surface area contributed by atoms with Crippen LogP contribution in [0, 0.1) is 0 Å². The van der Waals surface area contributed by atoms with Gasteiger partial charge in [0.2, 0.25) is 17.6 Å². The number of rotatable bonds is 9. The van der Waals surface area contributed by atoms with Crippen LogP contribution in [0.25, 0.3) is 0 Å². The molecule has 178 valence electrons. The van der Waals surface area contributed by atoms with Crippen molar-refractivity contribution in [3.05, 3.63) is 66.2 Å². The van der Waals surface area contributed by atoms with Crippen molar-refractivity contribution in [3.8, 4) is 0 Å². The van der Waals surface area contributed by atoms with E-state index in [2.05, 4.69) is 10.6 Å². The molecule has 3 amide bonds. The van der Waals surface area contributed by atoms with Gasteiger partial charge < -0.3 is 15.4 Å². The van der Waals surface area contributed by atoms with Crippen LogP contribution >= 0.6 is 0 Å². The van der Waals surface area contributed by atoms with Gasteiger partial charge in [0.05, 0.1) is 6.10 Å². The lowest BCUT2D eigenvalue weighted by atomic mass is 10.0. The third kappa shape index (κ3) is 5.69. The van der Waals surface area contributed by atoms with E-state index in [9.17, 15) is 19.2 Å². The van der Waals surface area contributed by atoms with Crippen LogP contribution in [0.4, 0.5) is 5.69 Å². The zero-order valence-electron chi connectivity index (χ0n) is 18.9. The number of nitrogens with zero attached hydrogens (tertiary/aromatic N) is 1. The highest BCUT2D eigenvalue weighted by Gasteiger charge is 2.39. The number of carbonyl (C=O) groups is 4. The largest absolute Gasteiger partial charge is 0.376 e. The molecular weight excluding hydrogens is 434 g/mol. The number of para-hydroxylation sites is 1. The number of nitrogens with one attached hydrogen (secondary N) is 2. The molecule has 2 aromatic rings. The third-order valence-corrected chi connectivity index (χ3v) is 6.20. The molecule has 0 aliphatic carbocycles. The van der Waals surface area contributed by atoms with E-state index in [0.717, 1.165) is 18.4 Å². The lowest BCUT2D eigenvalue weighted by Crippen LogP contribution is -2.54. The first-order valence-corrected chi connectivity index (χ1v) is 11.7. The summed E-state index contributed by atoms with van der Waals surface area (Å²) < 4.78 is 5.50. The average Bonchev–Trinajstić information content (AvgIpc) is 3.52. The minimum atomic E-state index is -1.05. The van der Waals surface area contributed by atoms with Crippen molar-refractivity contribution in [1.82, 2.24) is 10.6 Å². The minimum absolute atomic E-state index is 0.0946. The molecule has 4 rings (SSSR count). The number of benzene rings is 2. The van der Waals surface area contributed by atoms with Gasteiger partial charge in [-0.1, -0.05) is 48.5 Å². The predicted octanol–water partition coefficient (Wildman–Crippen LogP) is 1.77. The summed E-state index contributed by atoms with van der Waals surface area (Å²) in [5.74, 6) is -2.06. The average molecular weight is 464 g/mol. The Kier molecular flexibility index (Phi) is 7.69. The maximum absolute atomic E-state index is 13.3. The molecule has 2 aliphatic rings.